The SMILES string of the molecule is [C-]#[N+]c1cccc(-c2cccc(-c3nc(-c4ccccc4)nc(-c4cccc(-c5cccc(-c6ccc7c(c6)Oc6ccccc6C7(c6ccccc6)c6ccccc6)c5)c4)n3)c2)c1. The Hall–Kier alpha value is -8.72. The highest BCUT2D eigenvalue weighted by Crippen LogP contribution is 2.55. The number of aromatic nitrogens is 3. The Morgan fingerprint density at radius 3 is 1.30 bits per heavy atom. The summed E-state index contributed by atoms with van der Waals surface area (Å²) < 4.78 is 6.81. The quantitative estimate of drug-likeness (QED) is 0.143. The summed E-state index contributed by atoms with van der Waals surface area (Å²) in [6.45, 7) is 7.52. The van der Waals surface area contributed by atoms with Crippen LogP contribution in [0.4, 0.5) is 5.69 Å². The van der Waals surface area contributed by atoms with E-state index in [9.17, 15) is 0 Å². The maximum atomic E-state index is 7.52. The normalized spacial score (nSPS) is 12.3. The number of fused-ring (bicyclic) bond motifs is 2. The van der Waals surface area contributed by atoms with Crippen LogP contribution in [-0.2, 0) is 5.41 Å². The summed E-state index contributed by atoms with van der Waals surface area (Å²) >= 11 is 0. The van der Waals surface area contributed by atoms with Gasteiger partial charge in [-0.1, -0.05) is 194 Å². The van der Waals surface area contributed by atoms with E-state index in [0.29, 0.717) is 23.2 Å². The van der Waals surface area contributed by atoms with Crippen LogP contribution < -0.4 is 4.74 Å². The molecule has 0 spiro atoms. The topological polar surface area (TPSA) is 52.3 Å². The molecule has 0 aliphatic carbocycles. The molecule has 10 aromatic rings. The molecular formula is C59H38N4O. The minimum absolute atomic E-state index is 0.570. The zero-order valence-corrected chi connectivity index (χ0v) is 34.6. The first-order chi connectivity index (χ1) is 31.6. The molecule has 11 rings (SSSR count). The van der Waals surface area contributed by atoms with Crippen molar-refractivity contribution in [2.24, 2.45) is 0 Å². The third-order valence-corrected chi connectivity index (χ3v) is 12.1. The molecule has 0 radical (unpaired) electrons. The molecule has 2 heterocycles. The van der Waals surface area contributed by atoms with E-state index >= 15 is 0 Å². The van der Waals surface area contributed by atoms with E-state index in [0.717, 1.165) is 72.7 Å². The van der Waals surface area contributed by atoms with Gasteiger partial charge in [0.2, 0.25) is 0 Å². The van der Waals surface area contributed by atoms with Crippen LogP contribution in [0.15, 0.2) is 231 Å². The molecule has 0 saturated carbocycles. The fourth-order valence-corrected chi connectivity index (χ4v) is 9.05. The average Bonchev–Trinajstić information content (AvgIpc) is 3.38. The Bertz CT molecular complexity index is 3340. The van der Waals surface area contributed by atoms with Gasteiger partial charge in [-0.3, -0.25) is 0 Å². The van der Waals surface area contributed by atoms with Crippen LogP contribution in [-0.4, -0.2) is 15.0 Å². The Morgan fingerprint density at radius 1 is 0.328 bits per heavy atom. The van der Waals surface area contributed by atoms with E-state index in [4.69, 9.17) is 26.3 Å². The lowest BCUT2D eigenvalue weighted by Crippen LogP contribution is -2.34. The van der Waals surface area contributed by atoms with Gasteiger partial charge in [0.05, 0.1) is 12.0 Å². The van der Waals surface area contributed by atoms with Crippen molar-refractivity contribution in [2.75, 3.05) is 0 Å². The highest BCUT2D eigenvalue weighted by Gasteiger charge is 2.45. The molecule has 1 aliphatic heterocycles. The van der Waals surface area contributed by atoms with Crippen LogP contribution >= 0.6 is 0 Å². The third-order valence-electron chi connectivity index (χ3n) is 12.1. The van der Waals surface area contributed by atoms with Crippen molar-refractivity contribution in [1.29, 1.82) is 0 Å². The van der Waals surface area contributed by atoms with Crippen molar-refractivity contribution >= 4 is 5.69 Å². The van der Waals surface area contributed by atoms with Gasteiger partial charge in [-0.25, -0.2) is 19.8 Å². The summed E-state index contributed by atoms with van der Waals surface area (Å²) in [7, 11) is 0. The molecule has 0 atom stereocenters. The molecule has 0 unspecified atom stereocenters. The maximum absolute atomic E-state index is 7.52. The van der Waals surface area contributed by atoms with Crippen molar-refractivity contribution in [3.63, 3.8) is 0 Å². The highest BCUT2D eigenvalue weighted by atomic mass is 16.5. The number of hydrogen-bond donors (Lipinski definition) is 0. The second kappa shape index (κ2) is 16.3. The third kappa shape index (κ3) is 6.90. The molecule has 300 valence electrons. The summed E-state index contributed by atoms with van der Waals surface area (Å²) in [5.74, 6) is 3.42. The second-order valence-corrected chi connectivity index (χ2v) is 15.9. The number of para-hydroxylation sites is 1. The van der Waals surface area contributed by atoms with Gasteiger partial charge in [-0.15, -0.1) is 0 Å². The van der Waals surface area contributed by atoms with Gasteiger partial charge in [-0.05, 0) is 80.9 Å². The first kappa shape index (κ1) is 38.2. The first-order valence-electron chi connectivity index (χ1n) is 21.3. The molecule has 0 bridgehead atoms. The summed E-state index contributed by atoms with van der Waals surface area (Å²) in [6, 6.07) is 79.5. The zero-order chi connectivity index (χ0) is 42.9. The number of nitrogens with zero attached hydrogens (tertiary/aromatic N) is 4. The lowest BCUT2D eigenvalue weighted by Gasteiger charge is -2.41. The van der Waals surface area contributed by atoms with Crippen LogP contribution in [0.2, 0.25) is 0 Å². The van der Waals surface area contributed by atoms with Crippen molar-refractivity contribution in [1.82, 2.24) is 15.0 Å². The van der Waals surface area contributed by atoms with Crippen LogP contribution in [0, 0.1) is 6.57 Å². The standard InChI is InChI=1S/C59H38N4O/c1-60-51-30-16-23-45(38-51)44-22-15-25-48(37-44)58-62-56(40-17-5-2-6-18-40)61-57(63-58)47-24-14-21-43(36-47)41-19-13-20-42(35-41)46-33-34-53-55(39-46)64-54-32-12-11-31-52(54)59(53,49-26-7-3-8-27-49)50-28-9-4-10-29-50/h2-39H. The molecule has 0 amide bonds. The van der Waals surface area contributed by atoms with Gasteiger partial charge in [0, 0.05) is 27.8 Å². The molecule has 0 saturated heterocycles. The maximum Gasteiger partial charge on any atom is 0.187 e. The minimum atomic E-state index is -0.573. The van der Waals surface area contributed by atoms with Crippen LogP contribution in [0.25, 0.3) is 72.4 Å². The first-order valence-corrected chi connectivity index (χ1v) is 21.3. The van der Waals surface area contributed by atoms with E-state index in [2.05, 4.69) is 157 Å². The molecule has 5 nitrogen and oxygen atoms in total. The molecule has 64 heavy (non-hydrogen) atoms. The van der Waals surface area contributed by atoms with E-state index in [1.165, 1.54) is 11.1 Å². The molecule has 1 aliphatic rings. The molecular weight excluding hydrogens is 781 g/mol. The number of ether oxygens (including phenoxy) is 1. The van der Waals surface area contributed by atoms with Crippen molar-refractivity contribution in [2.45, 2.75) is 5.41 Å². The minimum Gasteiger partial charge on any atom is -0.457 e. The van der Waals surface area contributed by atoms with Crippen LogP contribution in [0.5, 0.6) is 11.5 Å². The summed E-state index contributed by atoms with van der Waals surface area (Å²) in [4.78, 5) is 18.8. The van der Waals surface area contributed by atoms with Crippen molar-refractivity contribution in [3.8, 4) is 79.0 Å². The van der Waals surface area contributed by atoms with Gasteiger partial charge in [0.15, 0.2) is 23.2 Å². The van der Waals surface area contributed by atoms with Crippen molar-refractivity contribution < 1.29 is 4.74 Å². The van der Waals surface area contributed by atoms with Gasteiger partial charge >= 0.3 is 0 Å². The van der Waals surface area contributed by atoms with E-state index in [1.54, 1.807) is 0 Å². The van der Waals surface area contributed by atoms with Crippen LogP contribution in [0.3, 0.4) is 0 Å². The smallest absolute Gasteiger partial charge is 0.187 e. The van der Waals surface area contributed by atoms with Gasteiger partial charge < -0.3 is 4.74 Å². The van der Waals surface area contributed by atoms with Gasteiger partial charge in [0.1, 0.15) is 11.5 Å². The van der Waals surface area contributed by atoms with E-state index in [-0.39, 0.29) is 0 Å². The monoisotopic (exact) mass is 818 g/mol. The fraction of sp³-hybridized carbons (Fsp3) is 0.0169. The molecule has 5 heteroatoms. The van der Waals surface area contributed by atoms with Gasteiger partial charge in [-0.2, -0.15) is 0 Å². The number of rotatable bonds is 8. The van der Waals surface area contributed by atoms with Gasteiger partial charge in [0.25, 0.3) is 0 Å². The largest absolute Gasteiger partial charge is 0.457 e. The van der Waals surface area contributed by atoms with Crippen LogP contribution in [0.1, 0.15) is 22.3 Å². The van der Waals surface area contributed by atoms with Crippen molar-refractivity contribution in [3.05, 3.63) is 264 Å². The predicted octanol–water partition coefficient (Wildman–Crippen LogP) is 14.9. The molecule has 9 aromatic carbocycles. The van der Waals surface area contributed by atoms with E-state index in [1.807, 2.05) is 78.9 Å². The molecule has 0 N–H and O–H groups in total. The Morgan fingerprint density at radius 2 is 0.734 bits per heavy atom. The molecule has 0 fully saturated rings. The summed E-state index contributed by atoms with van der Waals surface area (Å²) in [6.07, 6.45) is 0. The second-order valence-electron chi connectivity index (χ2n) is 15.9. The number of hydrogen-bond acceptors (Lipinski definition) is 4. The molecule has 1 aromatic heterocycles. The fourth-order valence-electron chi connectivity index (χ4n) is 9.05. The lowest BCUT2D eigenvalue weighted by molar-refractivity contribution is 0.435. The Kier molecular flexibility index (Phi) is 9.72. The Labute approximate surface area is 372 Å². The van der Waals surface area contributed by atoms with E-state index < -0.39 is 5.41 Å². The summed E-state index contributed by atoms with van der Waals surface area (Å²) in [5, 5.41) is 0. The predicted molar refractivity (Wildman–Crippen MR) is 257 cm³/mol. The highest BCUT2D eigenvalue weighted by molar-refractivity contribution is 5.80. The Balaban J connectivity index is 0.981. The number of benzene rings is 9. The average molecular weight is 819 g/mol. The zero-order valence-electron chi connectivity index (χ0n) is 34.6. The summed E-state index contributed by atoms with van der Waals surface area (Å²) in [5.41, 5.74) is 13.4. The lowest BCUT2D eigenvalue weighted by atomic mass is 9.63.